The van der Waals surface area contributed by atoms with Crippen LogP contribution in [0.4, 0.5) is 5.69 Å². The molecule has 0 aliphatic heterocycles. The van der Waals surface area contributed by atoms with E-state index in [-0.39, 0.29) is 17.9 Å². The number of nitrogens with one attached hydrogen (secondary N) is 2. The maximum Gasteiger partial charge on any atom is 0.255 e. The van der Waals surface area contributed by atoms with Crippen LogP contribution in [-0.2, 0) is 0 Å². The molecule has 0 aliphatic rings. The molecule has 5 heteroatoms. The molecule has 120 valence electrons. The van der Waals surface area contributed by atoms with Crippen molar-refractivity contribution in [3.05, 3.63) is 64.1 Å². The fourth-order valence-corrected chi connectivity index (χ4v) is 2.18. The van der Waals surface area contributed by atoms with Crippen LogP contribution in [-0.4, -0.2) is 17.9 Å². The molecule has 0 heterocycles. The maximum absolute atomic E-state index is 12.1. The van der Waals surface area contributed by atoms with Crippen LogP contribution in [0.2, 0.25) is 0 Å². The molecule has 1 atom stereocenters. The summed E-state index contributed by atoms with van der Waals surface area (Å²) < 4.78 is 0.922. The second kappa shape index (κ2) is 7.92. The highest BCUT2D eigenvalue weighted by atomic mass is 79.9. The van der Waals surface area contributed by atoms with Crippen molar-refractivity contribution < 1.29 is 9.59 Å². The third-order valence-corrected chi connectivity index (χ3v) is 4.03. The van der Waals surface area contributed by atoms with E-state index in [1.807, 2.05) is 26.0 Å². The lowest BCUT2D eigenvalue weighted by Gasteiger charge is -2.11. The van der Waals surface area contributed by atoms with Gasteiger partial charge in [-0.25, -0.2) is 0 Å². The lowest BCUT2D eigenvalue weighted by Crippen LogP contribution is -2.31. The molecule has 0 saturated carbocycles. The minimum Gasteiger partial charge on any atom is -0.350 e. The first-order chi connectivity index (χ1) is 11.0. The Labute approximate surface area is 144 Å². The molecule has 2 rings (SSSR count). The van der Waals surface area contributed by atoms with Crippen LogP contribution in [0, 0.1) is 0 Å². The molecule has 2 amide bonds. The number of hydrogen-bond acceptors (Lipinski definition) is 2. The molecule has 0 radical (unpaired) electrons. The lowest BCUT2D eigenvalue weighted by molar-refractivity contribution is 0.0938. The van der Waals surface area contributed by atoms with Crippen LogP contribution >= 0.6 is 15.9 Å². The molecule has 4 nitrogen and oxygen atoms in total. The van der Waals surface area contributed by atoms with Gasteiger partial charge in [0.1, 0.15) is 0 Å². The van der Waals surface area contributed by atoms with Crippen LogP contribution in [0.1, 0.15) is 41.0 Å². The molecule has 2 aromatic rings. The van der Waals surface area contributed by atoms with Crippen LogP contribution in [0.15, 0.2) is 53.0 Å². The van der Waals surface area contributed by atoms with E-state index in [2.05, 4.69) is 26.6 Å². The average molecular weight is 375 g/mol. The molecule has 23 heavy (non-hydrogen) atoms. The second-order valence-electron chi connectivity index (χ2n) is 5.32. The molecule has 2 N–H and O–H groups in total. The van der Waals surface area contributed by atoms with Crippen LogP contribution in [0.25, 0.3) is 0 Å². The Morgan fingerprint density at radius 2 is 1.48 bits per heavy atom. The van der Waals surface area contributed by atoms with Gasteiger partial charge in [-0.2, -0.15) is 0 Å². The number of rotatable bonds is 5. The highest BCUT2D eigenvalue weighted by molar-refractivity contribution is 9.10. The number of carbonyl (C=O) groups excluding carboxylic acids is 2. The Morgan fingerprint density at radius 1 is 0.957 bits per heavy atom. The van der Waals surface area contributed by atoms with Gasteiger partial charge in [-0.1, -0.05) is 22.9 Å². The van der Waals surface area contributed by atoms with Crippen molar-refractivity contribution in [2.75, 3.05) is 5.32 Å². The molecule has 0 spiro atoms. The first kappa shape index (κ1) is 17.2. The average Bonchev–Trinajstić information content (AvgIpc) is 2.55. The summed E-state index contributed by atoms with van der Waals surface area (Å²) in [5, 5.41) is 5.72. The van der Waals surface area contributed by atoms with Crippen LogP contribution < -0.4 is 10.6 Å². The predicted octanol–water partition coefficient (Wildman–Crippen LogP) is 4.23. The van der Waals surface area contributed by atoms with Crippen molar-refractivity contribution >= 4 is 33.4 Å². The fraction of sp³-hybridized carbons (Fsp3) is 0.222. The molecule has 0 aromatic heterocycles. The molecule has 2 aromatic carbocycles. The maximum atomic E-state index is 12.1. The van der Waals surface area contributed by atoms with Crippen molar-refractivity contribution in [3.63, 3.8) is 0 Å². The van der Waals surface area contributed by atoms with Gasteiger partial charge in [0.2, 0.25) is 0 Å². The predicted molar refractivity (Wildman–Crippen MR) is 95.8 cm³/mol. The zero-order valence-corrected chi connectivity index (χ0v) is 14.7. The van der Waals surface area contributed by atoms with E-state index in [4.69, 9.17) is 0 Å². The summed E-state index contributed by atoms with van der Waals surface area (Å²) in [7, 11) is 0. The van der Waals surface area contributed by atoms with Crippen molar-refractivity contribution in [1.82, 2.24) is 5.32 Å². The number of halogens is 1. The molecule has 1 unspecified atom stereocenters. The van der Waals surface area contributed by atoms with Gasteiger partial charge in [-0.3, -0.25) is 9.59 Å². The summed E-state index contributed by atoms with van der Waals surface area (Å²) >= 11 is 3.34. The van der Waals surface area contributed by atoms with Gasteiger partial charge in [-0.15, -0.1) is 0 Å². The Hall–Kier alpha value is -2.14. The topological polar surface area (TPSA) is 58.2 Å². The standard InChI is InChI=1S/C18H19BrN2O2/c1-3-12(2)20-17(22)14-6-10-16(11-7-14)21-18(23)13-4-8-15(19)9-5-13/h4-12H,3H2,1-2H3,(H,20,22)(H,21,23). The molecule has 0 saturated heterocycles. The van der Waals surface area contributed by atoms with E-state index >= 15 is 0 Å². The summed E-state index contributed by atoms with van der Waals surface area (Å²) in [5.74, 6) is -0.292. The molecular formula is C18H19BrN2O2. The van der Waals surface area contributed by atoms with Crippen molar-refractivity contribution in [1.29, 1.82) is 0 Å². The summed E-state index contributed by atoms with van der Waals surface area (Å²) in [4.78, 5) is 24.1. The number of carbonyl (C=O) groups is 2. The van der Waals surface area contributed by atoms with Gasteiger partial charge in [0, 0.05) is 27.3 Å². The van der Waals surface area contributed by atoms with Crippen LogP contribution in [0.5, 0.6) is 0 Å². The minimum atomic E-state index is -0.186. The molecule has 0 bridgehead atoms. The number of hydrogen-bond donors (Lipinski definition) is 2. The number of benzene rings is 2. The molecule has 0 aliphatic carbocycles. The van der Waals surface area contributed by atoms with Gasteiger partial charge >= 0.3 is 0 Å². The summed E-state index contributed by atoms with van der Waals surface area (Å²) in [6.45, 7) is 3.98. The van der Waals surface area contributed by atoms with E-state index in [1.54, 1.807) is 36.4 Å². The monoisotopic (exact) mass is 374 g/mol. The Morgan fingerprint density at radius 3 is 2.04 bits per heavy atom. The van der Waals surface area contributed by atoms with Crippen molar-refractivity contribution in [2.45, 2.75) is 26.3 Å². The zero-order valence-electron chi connectivity index (χ0n) is 13.1. The molecule has 0 fully saturated rings. The van der Waals surface area contributed by atoms with Gasteiger partial charge in [0.15, 0.2) is 0 Å². The first-order valence-corrected chi connectivity index (χ1v) is 8.26. The van der Waals surface area contributed by atoms with E-state index < -0.39 is 0 Å². The second-order valence-corrected chi connectivity index (χ2v) is 6.24. The highest BCUT2D eigenvalue weighted by Crippen LogP contribution is 2.14. The summed E-state index contributed by atoms with van der Waals surface area (Å²) in [5.41, 5.74) is 1.80. The summed E-state index contributed by atoms with van der Waals surface area (Å²) in [6.07, 6.45) is 0.882. The SMILES string of the molecule is CCC(C)NC(=O)c1ccc(NC(=O)c2ccc(Br)cc2)cc1. The quantitative estimate of drug-likeness (QED) is 0.822. The van der Waals surface area contributed by atoms with E-state index in [0.29, 0.717) is 16.8 Å². The summed E-state index contributed by atoms with van der Waals surface area (Å²) in [6, 6.07) is 14.1. The van der Waals surface area contributed by atoms with Gasteiger partial charge in [0.05, 0.1) is 0 Å². The van der Waals surface area contributed by atoms with Gasteiger partial charge < -0.3 is 10.6 Å². The third-order valence-electron chi connectivity index (χ3n) is 3.50. The normalized spacial score (nSPS) is 11.6. The van der Waals surface area contributed by atoms with Crippen LogP contribution in [0.3, 0.4) is 0 Å². The Balaban J connectivity index is 2.01. The fourth-order valence-electron chi connectivity index (χ4n) is 1.92. The number of anilines is 1. The van der Waals surface area contributed by atoms with Crippen molar-refractivity contribution in [2.24, 2.45) is 0 Å². The lowest BCUT2D eigenvalue weighted by atomic mass is 10.1. The number of amides is 2. The Kier molecular flexibility index (Phi) is 5.93. The van der Waals surface area contributed by atoms with E-state index in [9.17, 15) is 9.59 Å². The van der Waals surface area contributed by atoms with Gasteiger partial charge in [0.25, 0.3) is 11.8 Å². The van der Waals surface area contributed by atoms with E-state index in [0.717, 1.165) is 10.9 Å². The van der Waals surface area contributed by atoms with Gasteiger partial charge in [-0.05, 0) is 61.9 Å². The Bertz CT molecular complexity index is 681. The zero-order chi connectivity index (χ0) is 16.8. The van der Waals surface area contributed by atoms with Crippen molar-refractivity contribution in [3.8, 4) is 0 Å². The van der Waals surface area contributed by atoms with E-state index in [1.165, 1.54) is 0 Å². The highest BCUT2D eigenvalue weighted by Gasteiger charge is 2.09. The minimum absolute atomic E-state index is 0.106. The smallest absolute Gasteiger partial charge is 0.255 e. The third kappa shape index (κ3) is 4.93. The molecular weight excluding hydrogens is 356 g/mol. The largest absolute Gasteiger partial charge is 0.350 e. The first-order valence-electron chi connectivity index (χ1n) is 7.47.